The summed E-state index contributed by atoms with van der Waals surface area (Å²) in [6.45, 7) is 11.6. The van der Waals surface area contributed by atoms with Crippen LogP contribution in [0.3, 0.4) is 0 Å². The van der Waals surface area contributed by atoms with Crippen molar-refractivity contribution in [2.45, 2.75) is 53.6 Å². The van der Waals surface area contributed by atoms with E-state index in [-0.39, 0.29) is 18.3 Å². The number of carbonyl (C=O) groups excluding carboxylic acids is 2. The zero-order valence-corrected chi connectivity index (χ0v) is 12.4. The van der Waals surface area contributed by atoms with Gasteiger partial charge in [-0.05, 0) is 33.1 Å². The molecule has 4 heteroatoms. The highest BCUT2D eigenvalue weighted by atomic mass is 16.5. The molecule has 0 radical (unpaired) electrons. The number of esters is 1. The molecule has 0 fully saturated rings. The predicted octanol–water partition coefficient (Wildman–Crippen LogP) is 2.60. The van der Waals surface area contributed by atoms with Gasteiger partial charge in [0.1, 0.15) is 11.5 Å². The second kappa shape index (κ2) is 7.52. The Kier molecular flexibility index (Phi) is 7.14. The molecule has 2 unspecified atom stereocenters. The van der Waals surface area contributed by atoms with Crippen LogP contribution in [0.25, 0.3) is 0 Å². The van der Waals surface area contributed by atoms with Crippen molar-refractivity contribution in [3.8, 4) is 0 Å². The largest absolute Gasteiger partial charge is 0.465 e. The molecule has 0 saturated carbocycles. The van der Waals surface area contributed by atoms with E-state index >= 15 is 0 Å². The van der Waals surface area contributed by atoms with E-state index < -0.39 is 17.5 Å². The highest BCUT2D eigenvalue weighted by molar-refractivity contribution is 6.03. The number of hydrogen-bond donors (Lipinski definition) is 0. The maximum atomic E-state index is 12.5. The van der Waals surface area contributed by atoms with Gasteiger partial charge in [0, 0.05) is 6.61 Å². The molecule has 0 aromatic carbocycles. The predicted molar refractivity (Wildman–Crippen MR) is 70.3 cm³/mol. The average molecular weight is 258 g/mol. The summed E-state index contributed by atoms with van der Waals surface area (Å²) in [4.78, 5) is 24.4. The van der Waals surface area contributed by atoms with E-state index in [1.165, 1.54) is 0 Å². The topological polar surface area (TPSA) is 52.6 Å². The Hall–Kier alpha value is -0.900. The first-order valence-electron chi connectivity index (χ1n) is 6.68. The van der Waals surface area contributed by atoms with Gasteiger partial charge in [-0.3, -0.25) is 9.59 Å². The maximum Gasteiger partial charge on any atom is 0.316 e. The Morgan fingerprint density at radius 3 is 2.00 bits per heavy atom. The number of hydrogen-bond acceptors (Lipinski definition) is 4. The van der Waals surface area contributed by atoms with Crippen LogP contribution in [0, 0.1) is 11.8 Å². The van der Waals surface area contributed by atoms with Crippen molar-refractivity contribution < 1.29 is 19.1 Å². The minimum Gasteiger partial charge on any atom is -0.465 e. The molecule has 0 aromatic heterocycles. The van der Waals surface area contributed by atoms with Crippen molar-refractivity contribution in [3.63, 3.8) is 0 Å². The Labute approximate surface area is 110 Å². The highest BCUT2D eigenvalue weighted by Crippen LogP contribution is 2.26. The molecule has 0 heterocycles. The van der Waals surface area contributed by atoms with Gasteiger partial charge < -0.3 is 9.47 Å². The first-order valence-corrected chi connectivity index (χ1v) is 6.68. The second-order valence-electron chi connectivity index (χ2n) is 4.86. The van der Waals surface area contributed by atoms with Crippen LogP contribution in [-0.4, -0.2) is 30.6 Å². The first kappa shape index (κ1) is 17.1. The van der Waals surface area contributed by atoms with E-state index in [1.807, 2.05) is 27.7 Å². The van der Waals surface area contributed by atoms with Gasteiger partial charge >= 0.3 is 5.97 Å². The maximum absolute atomic E-state index is 12.5. The fourth-order valence-corrected chi connectivity index (χ4v) is 1.91. The summed E-state index contributed by atoms with van der Waals surface area (Å²) in [5, 5.41) is 0. The second-order valence-corrected chi connectivity index (χ2v) is 4.86. The third-order valence-corrected chi connectivity index (χ3v) is 3.15. The minimum absolute atomic E-state index is 0.0946. The summed E-state index contributed by atoms with van der Waals surface area (Å²) < 4.78 is 10.5. The van der Waals surface area contributed by atoms with E-state index in [2.05, 4.69) is 0 Å². The number of ether oxygens (including phenoxy) is 2. The number of rotatable bonds is 8. The van der Waals surface area contributed by atoms with Gasteiger partial charge in [-0.2, -0.15) is 0 Å². The van der Waals surface area contributed by atoms with Crippen molar-refractivity contribution in [1.82, 2.24) is 0 Å². The summed E-state index contributed by atoms with van der Waals surface area (Å²) in [5.74, 6) is -1.47. The minimum atomic E-state index is -0.906. The third-order valence-electron chi connectivity index (χ3n) is 3.15. The van der Waals surface area contributed by atoms with Crippen molar-refractivity contribution in [2.75, 3.05) is 13.2 Å². The molecule has 0 saturated heterocycles. The zero-order valence-electron chi connectivity index (χ0n) is 12.4. The van der Waals surface area contributed by atoms with Gasteiger partial charge in [-0.15, -0.1) is 0 Å². The van der Waals surface area contributed by atoms with Crippen LogP contribution in [0.15, 0.2) is 0 Å². The fraction of sp³-hybridized carbons (Fsp3) is 0.857. The van der Waals surface area contributed by atoms with Crippen LogP contribution in [0.2, 0.25) is 0 Å². The third kappa shape index (κ3) is 4.09. The number of ketones is 1. The number of Topliss-reactive ketones (excluding diaryl/α,β-unsaturated/α-hetero) is 1. The lowest BCUT2D eigenvalue weighted by Gasteiger charge is -2.31. The standard InChI is InChI=1S/C14H26O4/c1-7-14(6,18-9-3)12(15)11(10(4)5)13(16)17-8-2/h10-11H,7-9H2,1-6H3. The molecular weight excluding hydrogens is 232 g/mol. The van der Waals surface area contributed by atoms with Crippen LogP contribution >= 0.6 is 0 Å². The van der Waals surface area contributed by atoms with E-state index in [0.29, 0.717) is 13.0 Å². The Morgan fingerprint density at radius 1 is 1.11 bits per heavy atom. The van der Waals surface area contributed by atoms with Crippen LogP contribution in [0.1, 0.15) is 48.0 Å². The molecule has 0 spiro atoms. The molecule has 0 amide bonds. The van der Waals surface area contributed by atoms with E-state index in [0.717, 1.165) is 0 Å². The van der Waals surface area contributed by atoms with Crippen molar-refractivity contribution in [3.05, 3.63) is 0 Å². The lowest BCUT2D eigenvalue weighted by atomic mass is 9.82. The average Bonchev–Trinajstić information content (AvgIpc) is 2.29. The summed E-state index contributed by atoms with van der Waals surface area (Å²) in [6, 6.07) is 0. The molecule has 0 rings (SSSR count). The Bertz CT molecular complexity index is 286. The molecule has 18 heavy (non-hydrogen) atoms. The van der Waals surface area contributed by atoms with Gasteiger partial charge in [0.25, 0.3) is 0 Å². The Balaban J connectivity index is 5.12. The Morgan fingerprint density at radius 2 is 1.67 bits per heavy atom. The van der Waals surface area contributed by atoms with Crippen molar-refractivity contribution in [2.24, 2.45) is 11.8 Å². The number of carbonyl (C=O) groups is 2. The fourth-order valence-electron chi connectivity index (χ4n) is 1.91. The van der Waals surface area contributed by atoms with Gasteiger partial charge in [-0.25, -0.2) is 0 Å². The van der Waals surface area contributed by atoms with Crippen LogP contribution in [0.4, 0.5) is 0 Å². The SMILES string of the molecule is CCOC(=O)C(C(=O)C(C)(CC)OCC)C(C)C. The van der Waals surface area contributed by atoms with E-state index in [1.54, 1.807) is 13.8 Å². The highest BCUT2D eigenvalue weighted by Gasteiger charge is 2.42. The van der Waals surface area contributed by atoms with E-state index in [9.17, 15) is 9.59 Å². The van der Waals surface area contributed by atoms with Crippen molar-refractivity contribution >= 4 is 11.8 Å². The van der Waals surface area contributed by atoms with Gasteiger partial charge in [-0.1, -0.05) is 20.8 Å². The van der Waals surface area contributed by atoms with Gasteiger partial charge in [0.2, 0.25) is 0 Å². The molecule has 0 aliphatic carbocycles. The molecule has 0 bridgehead atoms. The molecule has 106 valence electrons. The molecule has 0 aliphatic heterocycles. The van der Waals surface area contributed by atoms with Crippen LogP contribution in [0.5, 0.6) is 0 Å². The van der Waals surface area contributed by atoms with Gasteiger partial charge in [0.05, 0.1) is 6.61 Å². The van der Waals surface area contributed by atoms with Crippen LogP contribution in [-0.2, 0) is 19.1 Å². The summed E-state index contributed by atoms with van der Waals surface area (Å²) >= 11 is 0. The summed E-state index contributed by atoms with van der Waals surface area (Å²) in [7, 11) is 0. The summed E-state index contributed by atoms with van der Waals surface area (Å²) in [6.07, 6.45) is 0.544. The van der Waals surface area contributed by atoms with E-state index in [4.69, 9.17) is 9.47 Å². The normalized spacial score (nSPS) is 16.2. The zero-order chi connectivity index (χ0) is 14.3. The van der Waals surface area contributed by atoms with Crippen LogP contribution < -0.4 is 0 Å². The molecule has 0 N–H and O–H groups in total. The molecule has 4 nitrogen and oxygen atoms in total. The molecular formula is C14H26O4. The molecule has 2 atom stereocenters. The lowest BCUT2D eigenvalue weighted by Crippen LogP contribution is -2.46. The first-order chi connectivity index (χ1) is 8.33. The smallest absolute Gasteiger partial charge is 0.316 e. The van der Waals surface area contributed by atoms with Crippen molar-refractivity contribution in [1.29, 1.82) is 0 Å². The van der Waals surface area contributed by atoms with Gasteiger partial charge in [0.15, 0.2) is 5.78 Å². The quantitative estimate of drug-likeness (QED) is 0.496. The monoisotopic (exact) mass is 258 g/mol. The summed E-state index contributed by atoms with van der Waals surface area (Å²) in [5.41, 5.74) is -0.906. The molecule has 0 aliphatic rings. The lowest BCUT2D eigenvalue weighted by molar-refractivity contribution is -0.162. The molecule has 0 aromatic rings.